The van der Waals surface area contributed by atoms with Crippen LogP contribution in [0, 0.1) is 5.92 Å². The van der Waals surface area contributed by atoms with Crippen LogP contribution in [-0.4, -0.2) is 22.0 Å². The number of carboxylic acids is 1. The highest BCUT2D eigenvalue weighted by Gasteiger charge is 2.25. The normalized spacial score (nSPS) is 12.7. The summed E-state index contributed by atoms with van der Waals surface area (Å²) in [5.41, 5.74) is 3.89. The maximum Gasteiger partial charge on any atom is 0.306 e. The molecule has 1 heterocycles. The monoisotopic (exact) mass is 346 g/mol. The Bertz CT molecular complexity index is 729. The third kappa shape index (κ3) is 4.41. The van der Waals surface area contributed by atoms with Crippen molar-refractivity contribution < 1.29 is 14.7 Å². The summed E-state index contributed by atoms with van der Waals surface area (Å²) < 4.78 is 0. The fourth-order valence-corrected chi connectivity index (χ4v) is 3.19. The van der Waals surface area contributed by atoms with Gasteiger partial charge in [0.15, 0.2) is 0 Å². The topological polar surface area (TPSA) is 79.3 Å². The van der Waals surface area contributed by atoms with Crippen molar-refractivity contribution in [1.82, 2.24) is 4.98 Å². The fraction of sp³-hybridized carbons (Fsp3) is 0.389. The van der Waals surface area contributed by atoms with E-state index in [4.69, 9.17) is 5.11 Å². The maximum absolute atomic E-state index is 12.5. The molecule has 2 aromatic rings. The van der Waals surface area contributed by atoms with Gasteiger partial charge in [-0.25, -0.2) is 4.98 Å². The number of benzene rings is 1. The SMILES string of the molecule is CC(Cc1ccc(NC(=O)c2scnc2C(C)(C)C)cc1)C(=O)O. The molecule has 1 unspecified atom stereocenters. The summed E-state index contributed by atoms with van der Waals surface area (Å²) in [4.78, 5) is 28.3. The number of nitrogens with one attached hydrogen (secondary N) is 1. The molecule has 128 valence electrons. The zero-order chi connectivity index (χ0) is 17.9. The van der Waals surface area contributed by atoms with Gasteiger partial charge in [-0.05, 0) is 24.1 Å². The molecule has 0 saturated carbocycles. The predicted octanol–water partition coefficient (Wildman–Crippen LogP) is 3.96. The van der Waals surface area contributed by atoms with Crippen LogP contribution in [0.4, 0.5) is 5.69 Å². The van der Waals surface area contributed by atoms with Gasteiger partial charge in [0.25, 0.3) is 5.91 Å². The van der Waals surface area contributed by atoms with Crippen molar-refractivity contribution in [2.24, 2.45) is 5.92 Å². The van der Waals surface area contributed by atoms with Gasteiger partial charge in [-0.2, -0.15) is 0 Å². The molecule has 5 nitrogen and oxygen atoms in total. The first kappa shape index (κ1) is 18.1. The average molecular weight is 346 g/mol. The molecule has 2 rings (SSSR count). The van der Waals surface area contributed by atoms with E-state index in [1.165, 1.54) is 11.3 Å². The molecule has 0 aliphatic carbocycles. The van der Waals surface area contributed by atoms with Gasteiger partial charge in [-0.1, -0.05) is 39.8 Å². The number of carbonyl (C=O) groups is 2. The van der Waals surface area contributed by atoms with E-state index in [1.807, 2.05) is 32.9 Å². The zero-order valence-electron chi connectivity index (χ0n) is 14.3. The molecule has 24 heavy (non-hydrogen) atoms. The summed E-state index contributed by atoms with van der Waals surface area (Å²) in [7, 11) is 0. The fourth-order valence-electron chi connectivity index (χ4n) is 2.29. The molecule has 1 aromatic carbocycles. The number of carbonyl (C=O) groups excluding carboxylic acids is 1. The number of aromatic nitrogens is 1. The van der Waals surface area contributed by atoms with Crippen molar-refractivity contribution in [3.05, 3.63) is 45.9 Å². The van der Waals surface area contributed by atoms with Gasteiger partial charge in [0.2, 0.25) is 0 Å². The summed E-state index contributed by atoms with van der Waals surface area (Å²) in [6.07, 6.45) is 0.465. The van der Waals surface area contributed by atoms with Crippen molar-refractivity contribution >= 4 is 28.9 Å². The Kier molecular flexibility index (Phi) is 5.39. The van der Waals surface area contributed by atoms with Gasteiger partial charge in [0.1, 0.15) is 4.88 Å². The van der Waals surface area contributed by atoms with Gasteiger partial charge < -0.3 is 10.4 Å². The molecule has 2 N–H and O–H groups in total. The quantitative estimate of drug-likeness (QED) is 0.859. The summed E-state index contributed by atoms with van der Waals surface area (Å²) in [5, 5.41) is 11.8. The molecule has 1 amide bonds. The molecule has 0 fully saturated rings. The predicted molar refractivity (Wildman–Crippen MR) is 95.7 cm³/mol. The molecule has 0 spiro atoms. The third-order valence-corrected chi connectivity index (χ3v) is 4.48. The number of rotatable bonds is 5. The van der Waals surface area contributed by atoms with E-state index in [9.17, 15) is 9.59 Å². The number of aliphatic carboxylic acids is 1. The smallest absolute Gasteiger partial charge is 0.306 e. The molecule has 1 atom stereocenters. The van der Waals surface area contributed by atoms with E-state index in [0.29, 0.717) is 17.0 Å². The van der Waals surface area contributed by atoms with E-state index >= 15 is 0 Å². The Morgan fingerprint density at radius 2 is 1.88 bits per heavy atom. The Morgan fingerprint density at radius 1 is 1.25 bits per heavy atom. The molecule has 0 radical (unpaired) electrons. The summed E-state index contributed by atoms with van der Waals surface area (Å²) in [5.74, 6) is -1.42. The maximum atomic E-state index is 12.5. The largest absolute Gasteiger partial charge is 0.481 e. The molecule has 0 aliphatic heterocycles. The lowest BCUT2D eigenvalue weighted by atomic mass is 9.91. The molecular weight excluding hydrogens is 324 g/mol. The van der Waals surface area contributed by atoms with E-state index in [2.05, 4.69) is 10.3 Å². The van der Waals surface area contributed by atoms with Crippen LogP contribution in [0.2, 0.25) is 0 Å². The molecule has 0 bridgehead atoms. The minimum Gasteiger partial charge on any atom is -0.481 e. The number of anilines is 1. The zero-order valence-corrected chi connectivity index (χ0v) is 15.1. The number of nitrogens with zero attached hydrogens (tertiary/aromatic N) is 1. The molecule has 1 aromatic heterocycles. The average Bonchev–Trinajstić information content (AvgIpc) is 2.99. The number of hydrogen-bond acceptors (Lipinski definition) is 4. The number of carboxylic acid groups (broad SMARTS) is 1. The first-order valence-electron chi connectivity index (χ1n) is 7.75. The van der Waals surface area contributed by atoms with Crippen molar-refractivity contribution in [2.75, 3.05) is 5.32 Å². The lowest BCUT2D eigenvalue weighted by Gasteiger charge is -2.17. The number of thiazole rings is 1. The highest BCUT2D eigenvalue weighted by atomic mass is 32.1. The minimum absolute atomic E-state index is 0.172. The number of hydrogen-bond donors (Lipinski definition) is 2. The van der Waals surface area contributed by atoms with E-state index < -0.39 is 11.9 Å². The Balaban J connectivity index is 2.08. The van der Waals surface area contributed by atoms with Gasteiger partial charge >= 0.3 is 5.97 Å². The summed E-state index contributed by atoms with van der Waals surface area (Å²) in [6.45, 7) is 7.75. The second-order valence-electron chi connectivity index (χ2n) is 6.87. The molecular formula is C18H22N2O3S. The van der Waals surface area contributed by atoms with Gasteiger partial charge in [0, 0.05) is 11.1 Å². The summed E-state index contributed by atoms with van der Waals surface area (Å²) >= 11 is 1.33. The third-order valence-electron chi connectivity index (χ3n) is 3.66. The van der Waals surface area contributed by atoms with Gasteiger partial charge in [-0.15, -0.1) is 11.3 Å². The first-order valence-corrected chi connectivity index (χ1v) is 8.63. The number of amides is 1. The highest BCUT2D eigenvalue weighted by Crippen LogP contribution is 2.27. The van der Waals surface area contributed by atoms with Crippen LogP contribution in [0.5, 0.6) is 0 Å². The molecule has 0 aliphatic rings. The standard InChI is InChI=1S/C18H22N2O3S/c1-11(17(22)23)9-12-5-7-13(8-6-12)20-16(21)14-15(18(2,3)4)19-10-24-14/h5-8,10-11H,9H2,1-4H3,(H,20,21)(H,22,23). The van der Waals surface area contributed by atoms with Crippen LogP contribution in [0.3, 0.4) is 0 Å². The first-order chi connectivity index (χ1) is 11.2. The lowest BCUT2D eigenvalue weighted by Crippen LogP contribution is -2.19. The molecule has 0 saturated heterocycles. The highest BCUT2D eigenvalue weighted by molar-refractivity contribution is 7.12. The van der Waals surface area contributed by atoms with Crippen molar-refractivity contribution in [1.29, 1.82) is 0 Å². The van der Waals surface area contributed by atoms with Gasteiger partial charge in [0.05, 0.1) is 17.1 Å². The van der Waals surface area contributed by atoms with Crippen LogP contribution in [0.25, 0.3) is 0 Å². The van der Waals surface area contributed by atoms with Crippen LogP contribution < -0.4 is 5.32 Å². The van der Waals surface area contributed by atoms with Crippen LogP contribution in [0.1, 0.15) is 48.6 Å². The van der Waals surface area contributed by atoms with E-state index in [1.54, 1.807) is 24.6 Å². The van der Waals surface area contributed by atoms with Crippen LogP contribution in [0.15, 0.2) is 29.8 Å². The van der Waals surface area contributed by atoms with Gasteiger partial charge in [-0.3, -0.25) is 9.59 Å². The van der Waals surface area contributed by atoms with E-state index in [0.717, 1.165) is 11.3 Å². The molecule has 6 heteroatoms. The van der Waals surface area contributed by atoms with Crippen LogP contribution >= 0.6 is 11.3 Å². The van der Waals surface area contributed by atoms with Crippen molar-refractivity contribution in [2.45, 2.75) is 39.5 Å². The van der Waals surface area contributed by atoms with Crippen molar-refractivity contribution in [3.8, 4) is 0 Å². The van der Waals surface area contributed by atoms with Crippen molar-refractivity contribution in [3.63, 3.8) is 0 Å². The summed E-state index contributed by atoms with van der Waals surface area (Å²) in [6, 6.07) is 7.26. The Hall–Kier alpha value is -2.21. The lowest BCUT2D eigenvalue weighted by molar-refractivity contribution is -0.141. The Morgan fingerprint density at radius 3 is 2.42 bits per heavy atom. The van der Waals surface area contributed by atoms with E-state index in [-0.39, 0.29) is 11.3 Å². The second kappa shape index (κ2) is 7.13. The Labute approximate surface area is 145 Å². The second-order valence-corrected chi connectivity index (χ2v) is 7.73. The van der Waals surface area contributed by atoms with Crippen LogP contribution in [-0.2, 0) is 16.6 Å². The minimum atomic E-state index is -0.813.